The number of fused-ring (bicyclic) bond motifs is 1. The highest BCUT2D eigenvalue weighted by Crippen LogP contribution is 2.20. The van der Waals surface area contributed by atoms with Gasteiger partial charge in [-0.2, -0.15) is 5.10 Å². The molecule has 0 aliphatic carbocycles. The smallest absolute Gasteiger partial charge is 0.238 e. The summed E-state index contributed by atoms with van der Waals surface area (Å²) in [6.45, 7) is 7.34. The van der Waals surface area contributed by atoms with Crippen LogP contribution in [0.3, 0.4) is 0 Å². The highest BCUT2D eigenvalue weighted by atomic mass is 16.5. The van der Waals surface area contributed by atoms with Gasteiger partial charge in [0.25, 0.3) is 0 Å². The van der Waals surface area contributed by atoms with Crippen LogP contribution in [0.5, 0.6) is 5.75 Å². The van der Waals surface area contributed by atoms with Gasteiger partial charge in [0.2, 0.25) is 5.91 Å². The number of aromatic nitrogens is 2. The molecule has 0 radical (unpaired) electrons. The van der Waals surface area contributed by atoms with Crippen molar-refractivity contribution in [1.82, 2.24) is 24.9 Å². The number of rotatable bonds is 4. The first-order valence-corrected chi connectivity index (χ1v) is 9.08. The molecular weight excluding hydrogens is 330 g/mol. The van der Waals surface area contributed by atoms with Crippen LogP contribution in [0.4, 0.5) is 0 Å². The molecule has 0 unspecified atom stereocenters. The van der Waals surface area contributed by atoms with Crippen LogP contribution in [0.1, 0.15) is 11.3 Å². The first kappa shape index (κ1) is 17.1. The third kappa shape index (κ3) is 3.20. The van der Waals surface area contributed by atoms with Crippen molar-refractivity contribution in [1.29, 1.82) is 0 Å². The van der Waals surface area contributed by atoms with E-state index in [-0.39, 0.29) is 11.9 Å². The number of methoxy groups -OCH3 is 1. The van der Waals surface area contributed by atoms with E-state index in [4.69, 9.17) is 4.74 Å². The van der Waals surface area contributed by atoms with Gasteiger partial charge in [0.15, 0.2) is 0 Å². The molecule has 1 atom stereocenters. The van der Waals surface area contributed by atoms with E-state index in [9.17, 15) is 4.79 Å². The topological polar surface area (TPSA) is 62.6 Å². The van der Waals surface area contributed by atoms with E-state index < -0.39 is 0 Å². The first-order valence-electron chi connectivity index (χ1n) is 9.08. The van der Waals surface area contributed by atoms with Crippen LogP contribution in [-0.4, -0.2) is 71.4 Å². The molecule has 2 aliphatic heterocycles. The molecule has 0 saturated carbocycles. The minimum atomic E-state index is -0.0190. The standard InChI is InChI=1S/C19H25N5O2/c1-14-15(11-21-24(14)16-3-5-17(26-2)6-4-16)12-22-9-10-23-8-7-20-19(25)18(23)13-22/h3-6,11,18H,7-10,12-13H2,1-2H3,(H,20,25)/t18-/m0/s1. The van der Waals surface area contributed by atoms with Gasteiger partial charge in [0.05, 0.1) is 19.0 Å². The predicted octanol–water partition coefficient (Wildman–Crippen LogP) is 0.805. The van der Waals surface area contributed by atoms with Gasteiger partial charge in [0, 0.05) is 50.5 Å². The number of nitrogens with zero attached hydrogens (tertiary/aromatic N) is 4. The molecule has 26 heavy (non-hydrogen) atoms. The lowest BCUT2D eigenvalue weighted by atomic mass is 10.1. The minimum Gasteiger partial charge on any atom is -0.497 e. The lowest BCUT2D eigenvalue weighted by Crippen LogP contribution is -2.63. The van der Waals surface area contributed by atoms with Gasteiger partial charge in [-0.3, -0.25) is 14.6 Å². The summed E-state index contributed by atoms with van der Waals surface area (Å²) >= 11 is 0. The van der Waals surface area contributed by atoms with Crippen molar-refractivity contribution in [3.63, 3.8) is 0 Å². The van der Waals surface area contributed by atoms with E-state index in [2.05, 4.69) is 27.1 Å². The Bertz CT molecular complexity index is 786. The van der Waals surface area contributed by atoms with E-state index in [1.807, 2.05) is 35.1 Å². The summed E-state index contributed by atoms with van der Waals surface area (Å²) in [5.41, 5.74) is 3.35. The summed E-state index contributed by atoms with van der Waals surface area (Å²) < 4.78 is 7.18. The van der Waals surface area contributed by atoms with Gasteiger partial charge >= 0.3 is 0 Å². The van der Waals surface area contributed by atoms with Crippen LogP contribution < -0.4 is 10.1 Å². The molecule has 1 aromatic carbocycles. The molecular formula is C19H25N5O2. The number of benzene rings is 1. The van der Waals surface area contributed by atoms with Gasteiger partial charge in [0.1, 0.15) is 11.8 Å². The molecule has 2 fully saturated rings. The number of piperazine rings is 2. The minimum absolute atomic E-state index is 0.0190. The molecule has 7 nitrogen and oxygen atoms in total. The first-order chi connectivity index (χ1) is 12.7. The molecule has 0 bridgehead atoms. The Labute approximate surface area is 153 Å². The fourth-order valence-corrected chi connectivity index (χ4v) is 3.80. The fraction of sp³-hybridized carbons (Fsp3) is 0.474. The average Bonchev–Trinajstić information content (AvgIpc) is 3.03. The van der Waals surface area contributed by atoms with Crippen molar-refractivity contribution in [3.8, 4) is 11.4 Å². The Morgan fingerprint density at radius 1 is 1.23 bits per heavy atom. The Morgan fingerprint density at radius 3 is 2.81 bits per heavy atom. The van der Waals surface area contributed by atoms with Crippen molar-refractivity contribution in [2.75, 3.05) is 39.8 Å². The van der Waals surface area contributed by atoms with Crippen molar-refractivity contribution in [2.24, 2.45) is 0 Å². The van der Waals surface area contributed by atoms with Crippen molar-refractivity contribution in [3.05, 3.63) is 41.7 Å². The monoisotopic (exact) mass is 355 g/mol. The number of ether oxygens (including phenoxy) is 1. The van der Waals surface area contributed by atoms with Gasteiger partial charge in [-0.15, -0.1) is 0 Å². The Kier molecular flexibility index (Phi) is 4.65. The van der Waals surface area contributed by atoms with Crippen LogP contribution in [-0.2, 0) is 11.3 Å². The third-order valence-electron chi connectivity index (χ3n) is 5.40. The SMILES string of the molecule is COc1ccc(-n2ncc(CN3CCN4CCNC(=O)[C@@H]4C3)c2C)cc1. The van der Waals surface area contributed by atoms with Gasteiger partial charge in [-0.05, 0) is 31.2 Å². The lowest BCUT2D eigenvalue weighted by molar-refractivity contribution is -0.131. The maximum atomic E-state index is 12.1. The molecule has 138 valence electrons. The lowest BCUT2D eigenvalue weighted by Gasteiger charge is -2.43. The van der Waals surface area contributed by atoms with Crippen LogP contribution in [0.2, 0.25) is 0 Å². The van der Waals surface area contributed by atoms with E-state index in [0.29, 0.717) is 0 Å². The zero-order chi connectivity index (χ0) is 18.1. The van der Waals surface area contributed by atoms with E-state index in [1.165, 1.54) is 5.56 Å². The summed E-state index contributed by atoms with van der Waals surface area (Å²) in [6.07, 6.45) is 1.94. The second-order valence-corrected chi connectivity index (χ2v) is 6.94. The predicted molar refractivity (Wildman–Crippen MR) is 98.5 cm³/mol. The molecule has 7 heteroatoms. The van der Waals surface area contributed by atoms with Crippen LogP contribution in [0.15, 0.2) is 30.5 Å². The van der Waals surface area contributed by atoms with Gasteiger partial charge in [-0.1, -0.05) is 0 Å². The zero-order valence-corrected chi connectivity index (χ0v) is 15.3. The van der Waals surface area contributed by atoms with Crippen LogP contribution in [0, 0.1) is 6.92 Å². The van der Waals surface area contributed by atoms with E-state index >= 15 is 0 Å². The summed E-state index contributed by atoms with van der Waals surface area (Å²) in [4.78, 5) is 16.8. The molecule has 2 aliphatic rings. The molecule has 1 N–H and O–H groups in total. The fourth-order valence-electron chi connectivity index (χ4n) is 3.80. The van der Waals surface area contributed by atoms with E-state index in [1.54, 1.807) is 7.11 Å². The number of carbonyl (C=O) groups is 1. The maximum absolute atomic E-state index is 12.1. The van der Waals surface area contributed by atoms with Crippen LogP contribution >= 0.6 is 0 Å². The van der Waals surface area contributed by atoms with Crippen LogP contribution in [0.25, 0.3) is 5.69 Å². The summed E-state index contributed by atoms with van der Waals surface area (Å²) in [5.74, 6) is 0.994. The molecule has 1 amide bonds. The van der Waals surface area contributed by atoms with Crippen molar-refractivity contribution in [2.45, 2.75) is 19.5 Å². The molecule has 0 spiro atoms. The van der Waals surface area contributed by atoms with Gasteiger partial charge < -0.3 is 10.1 Å². The number of amides is 1. The molecule has 4 rings (SSSR count). The average molecular weight is 355 g/mol. The maximum Gasteiger partial charge on any atom is 0.238 e. The number of carbonyl (C=O) groups excluding carboxylic acids is 1. The second kappa shape index (κ2) is 7.09. The van der Waals surface area contributed by atoms with E-state index in [0.717, 1.165) is 56.4 Å². The highest BCUT2D eigenvalue weighted by molar-refractivity contribution is 5.82. The molecule has 3 heterocycles. The normalized spacial score (nSPS) is 21.3. The third-order valence-corrected chi connectivity index (χ3v) is 5.40. The van der Waals surface area contributed by atoms with Crippen molar-refractivity contribution >= 4 is 5.91 Å². The quantitative estimate of drug-likeness (QED) is 0.879. The van der Waals surface area contributed by atoms with Gasteiger partial charge in [-0.25, -0.2) is 4.68 Å². The Hall–Kier alpha value is -2.38. The largest absolute Gasteiger partial charge is 0.497 e. The molecule has 2 saturated heterocycles. The zero-order valence-electron chi connectivity index (χ0n) is 15.3. The summed E-state index contributed by atoms with van der Waals surface area (Å²) in [7, 11) is 1.67. The summed E-state index contributed by atoms with van der Waals surface area (Å²) in [5, 5.41) is 7.54. The second-order valence-electron chi connectivity index (χ2n) is 6.94. The number of hydrogen-bond acceptors (Lipinski definition) is 5. The number of nitrogens with one attached hydrogen (secondary N) is 1. The van der Waals surface area contributed by atoms with Crippen molar-refractivity contribution < 1.29 is 9.53 Å². The highest BCUT2D eigenvalue weighted by Gasteiger charge is 2.34. The Morgan fingerprint density at radius 2 is 2.04 bits per heavy atom. The summed E-state index contributed by atoms with van der Waals surface area (Å²) in [6, 6.07) is 7.88. The Balaban J connectivity index is 1.47. The number of hydrogen-bond donors (Lipinski definition) is 1. The molecule has 1 aromatic heterocycles. The molecule has 2 aromatic rings.